The Morgan fingerprint density at radius 2 is 1.84 bits per heavy atom. The van der Waals surface area contributed by atoms with E-state index in [9.17, 15) is 0 Å². The van der Waals surface area contributed by atoms with Crippen LogP contribution in [0, 0.1) is 0 Å². The van der Waals surface area contributed by atoms with Gasteiger partial charge < -0.3 is 10.1 Å². The lowest BCUT2D eigenvalue weighted by Crippen LogP contribution is -2.24. The maximum Gasteiger partial charge on any atom is 0.118 e. The molecule has 1 aromatic carbocycles. The normalized spacial score (nSPS) is 21.0. The van der Waals surface area contributed by atoms with Crippen LogP contribution in [-0.4, -0.2) is 13.7 Å². The summed E-state index contributed by atoms with van der Waals surface area (Å²) in [6.45, 7) is 1.08. The van der Waals surface area contributed by atoms with Gasteiger partial charge in [0.25, 0.3) is 0 Å². The van der Waals surface area contributed by atoms with Crippen LogP contribution in [0.5, 0.6) is 5.75 Å². The Balaban J connectivity index is 1.88. The number of ether oxygens (including phenoxy) is 1. The quantitative estimate of drug-likeness (QED) is 0.865. The third-order valence-corrected chi connectivity index (χ3v) is 4.08. The van der Waals surface area contributed by atoms with Crippen molar-refractivity contribution in [2.45, 2.75) is 32.1 Å². The molecule has 2 heteroatoms. The summed E-state index contributed by atoms with van der Waals surface area (Å²) in [4.78, 5) is 0. The number of rotatable bonds is 2. The highest BCUT2D eigenvalue weighted by Crippen LogP contribution is 2.33. The minimum Gasteiger partial charge on any atom is -0.497 e. The molecule has 0 radical (unpaired) electrons. The van der Waals surface area contributed by atoms with Crippen molar-refractivity contribution in [1.29, 1.82) is 0 Å². The molecule has 0 saturated carbocycles. The molecule has 0 atom stereocenters. The fraction of sp³-hybridized carbons (Fsp3) is 0.412. The molecule has 2 nitrogen and oxygen atoms in total. The number of hydrogen-bond donors (Lipinski definition) is 1. The van der Waals surface area contributed by atoms with Crippen LogP contribution in [0.15, 0.2) is 41.1 Å². The molecule has 0 aromatic heterocycles. The number of benzene rings is 1. The van der Waals surface area contributed by atoms with Gasteiger partial charge in [0.05, 0.1) is 7.11 Å². The van der Waals surface area contributed by atoms with Gasteiger partial charge in [0.15, 0.2) is 0 Å². The summed E-state index contributed by atoms with van der Waals surface area (Å²) >= 11 is 0. The van der Waals surface area contributed by atoms with Crippen LogP contribution < -0.4 is 10.1 Å². The lowest BCUT2D eigenvalue weighted by atomic mass is 9.85. The van der Waals surface area contributed by atoms with Gasteiger partial charge >= 0.3 is 0 Å². The molecule has 19 heavy (non-hydrogen) atoms. The standard InChI is InChI=1S/C17H21NO/c1-19-15-8-6-13(7-9-15)12-17-16-5-3-2-4-14(16)10-11-18-17/h6-9,12,18H,2-5,10-11H2,1H3. The predicted molar refractivity (Wildman–Crippen MR) is 79.1 cm³/mol. The van der Waals surface area contributed by atoms with Gasteiger partial charge in [-0.05, 0) is 61.4 Å². The van der Waals surface area contributed by atoms with Crippen LogP contribution in [0.3, 0.4) is 0 Å². The molecule has 0 amide bonds. The fourth-order valence-corrected chi connectivity index (χ4v) is 3.03. The molecular formula is C17H21NO. The maximum absolute atomic E-state index is 5.20. The van der Waals surface area contributed by atoms with Gasteiger partial charge in [0, 0.05) is 12.2 Å². The molecule has 100 valence electrons. The van der Waals surface area contributed by atoms with Crippen LogP contribution in [0.25, 0.3) is 6.08 Å². The van der Waals surface area contributed by atoms with Crippen molar-refractivity contribution in [2.24, 2.45) is 0 Å². The van der Waals surface area contributed by atoms with E-state index in [0.717, 1.165) is 12.3 Å². The first kappa shape index (κ1) is 12.3. The van der Waals surface area contributed by atoms with E-state index >= 15 is 0 Å². The van der Waals surface area contributed by atoms with E-state index in [1.165, 1.54) is 43.4 Å². The van der Waals surface area contributed by atoms with Crippen molar-refractivity contribution in [3.05, 3.63) is 46.7 Å². The first-order valence-corrected chi connectivity index (χ1v) is 7.18. The smallest absolute Gasteiger partial charge is 0.118 e. The van der Waals surface area contributed by atoms with E-state index in [1.807, 2.05) is 12.1 Å². The SMILES string of the molecule is COc1ccc(C=C2NCCC3=C2CCCC3)cc1. The van der Waals surface area contributed by atoms with Crippen LogP contribution in [0.2, 0.25) is 0 Å². The number of nitrogens with one attached hydrogen (secondary N) is 1. The highest BCUT2D eigenvalue weighted by atomic mass is 16.5. The largest absolute Gasteiger partial charge is 0.497 e. The summed E-state index contributed by atoms with van der Waals surface area (Å²) < 4.78 is 5.20. The van der Waals surface area contributed by atoms with E-state index in [1.54, 1.807) is 18.3 Å². The fourth-order valence-electron chi connectivity index (χ4n) is 3.03. The minimum atomic E-state index is 0.913. The molecule has 1 N–H and O–H groups in total. The summed E-state index contributed by atoms with van der Waals surface area (Å²) in [7, 11) is 1.70. The van der Waals surface area contributed by atoms with Gasteiger partial charge in [-0.15, -0.1) is 0 Å². The van der Waals surface area contributed by atoms with Gasteiger partial charge in [0.1, 0.15) is 5.75 Å². The Kier molecular flexibility index (Phi) is 3.58. The van der Waals surface area contributed by atoms with Crippen molar-refractivity contribution in [2.75, 3.05) is 13.7 Å². The van der Waals surface area contributed by atoms with E-state index in [4.69, 9.17) is 4.74 Å². The van der Waals surface area contributed by atoms with E-state index in [2.05, 4.69) is 23.5 Å². The Labute approximate surface area is 115 Å². The Morgan fingerprint density at radius 3 is 2.63 bits per heavy atom. The second-order valence-corrected chi connectivity index (χ2v) is 5.30. The zero-order chi connectivity index (χ0) is 13.1. The van der Waals surface area contributed by atoms with Crippen molar-refractivity contribution >= 4 is 6.08 Å². The average Bonchev–Trinajstić information content (AvgIpc) is 2.48. The molecule has 1 heterocycles. The molecule has 0 unspecified atom stereocenters. The summed E-state index contributed by atoms with van der Waals surface area (Å²) in [6.07, 6.45) is 8.75. The molecule has 0 fully saturated rings. The van der Waals surface area contributed by atoms with E-state index < -0.39 is 0 Å². The highest BCUT2D eigenvalue weighted by Gasteiger charge is 2.19. The van der Waals surface area contributed by atoms with E-state index in [-0.39, 0.29) is 0 Å². The third-order valence-electron chi connectivity index (χ3n) is 4.08. The Bertz CT molecular complexity index is 507. The maximum atomic E-state index is 5.20. The number of hydrogen-bond acceptors (Lipinski definition) is 2. The van der Waals surface area contributed by atoms with Gasteiger partial charge in [-0.3, -0.25) is 0 Å². The van der Waals surface area contributed by atoms with Crippen LogP contribution >= 0.6 is 0 Å². The molecule has 1 aliphatic carbocycles. The first-order chi connectivity index (χ1) is 9.36. The molecule has 0 bridgehead atoms. The van der Waals surface area contributed by atoms with Gasteiger partial charge in [-0.25, -0.2) is 0 Å². The monoisotopic (exact) mass is 255 g/mol. The van der Waals surface area contributed by atoms with Gasteiger partial charge in [-0.2, -0.15) is 0 Å². The lowest BCUT2D eigenvalue weighted by molar-refractivity contribution is 0.415. The van der Waals surface area contributed by atoms with Crippen molar-refractivity contribution in [3.8, 4) is 5.75 Å². The van der Waals surface area contributed by atoms with Crippen molar-refractivity contribution < 1.29 is 4.74 Å². The van der Waals surface area contributed by atoms with Crippen molar-refractivity contribution in [3.63, 3.8) is 0 Å². The molecule has 3 rings (SSSR count). The zero-order valence-corrected chi connectivity index (χ0v) is 11.5. The predicted octanol–water partition coefficient (Wildman–Crippen LogP) is 3.90. The molecular weight excluding hydrogens is 234 g/mol. The molecule has 1 aliphatic heterocycles. The summed E-state index contributed by atoms with van der Waals surface area (Å²) in [5.41, 5.74) is 5.84. The van der Waals surface area contributed by atoms with Crippen LogP contribution in [0.1, 0.15) is 37.7 Å². The summed E-state index contributed by atoms with van der Waals surface area (Å²) in [5, 5.41) is 3.57. The molecule has 1 aromatic rings. The van der Waals surface area contributed by atoms with Crippen LogP contribution in [0.4, 0.5) is 0 Å². The molecule has 0 saturated heterocycles. The second-order valence-electron chi connectivity index (χ2n) is 5.30. The van der Waals surface area contributed by atoms with Crippen LogP contribution in [-0.2, 0) is 0 Å². The Morgan fingerprint density at radius 1 is 1.05 bits per heavy atom. The molecule has 2 aliphatic rings. The average molecular weight is 255 g/mol. The second kappa shape index (κ2) is 5.52. The number of methoxy groups -OCH3 is 1. The summed E-state index contributed by atoms with van der Waals surface area (Å²) in [6, 6.07) is 8.27. The summed E-state index contributed by atoms with van der Waals surface area (Å²) in [5.74, 6) is 0.913. The van der Waals surface area contributed by atoms with E-state index in [0.29, 0.717) is 0 Å². The third kappa shape index (κ3) is 2.67. The number of allylic oxidation sites excluding steroid dienone is 1. The first-order valence-electron chi connectivity index (χ1n) is 7.18. The topological polar surface area (TPSA) is 21.3 Å². The zero-order valence-electron chi connectivity index (χ0n) is 11.5. The highest BCUT2D eigenvalue weighted by molar-refractivity contribution is 5.60. The molecule has 0 spiro atoms. The lowest BCUT2D eigenvalue weighted by Gasteiger charge is -2.28. The van der Waals surface area contributed by atoms with Gasteiger partial charge in [0.2, 0.25) is 0 Å². The van der Waals surface area contributed by atoms with Crippen molar-refractivity contribution in [1.82, 2.24) is 5.32 Å². The Hall–Kier alpha value is -1.70. The van der Waals surface area contributed by atoms with Gasteiger partial charge in [-0.1, -0.05) is 17.7 Å². The minimum absolute atomic E-state index is 0.913.